The van der Waals surface area contributed by atoms with E-state index in [2.05, 4.69) is 32.4 Å². The van der Waals surface area contributed by atoms with Crippen LogP contribution in [0.1, 0.15) is 36.7 Å². The van der Waals surface area contributed by atoms with E-state index in [1.807, 2.05) is 14.1 Å². The highest BCUT2D eigenvalue weighted by atomic mass is 16.1. The molecule has 0 aliphatic heterocycles. The molecule has 0 atom stereocenters. The molecular formula is C14H25N5O. The fourth-order valence-corrected chi connectivity index (χ4v) is 1.62. The van der Waals surface area contributed by atoms with E-state index >= 15 is 0 Å². The fraction of sp³-hybridized carbons (Fsp3) is 0.643. The van der Waals surface area contributed by atoms with Crippen molar-refractivity contribution in [1.29, 1.82) is 0 Å². The summed E-state index contributed by atoms with van der Waals surface area (Å²) in [6.45, 7) is 4.64. The van der Waals surface area contributed by atoms with Crippen LogP contribution in [0.4, 0.5) is 5.82 Å². The Kier molecular flexibility index (Phi) is 7.57. The van der Waals surface area contributed by atoms with E-state index in [-0.39, 0.29) is 5.91 Å². The number of carbonyl (C=O) groups is 1. The summed E-state index contributed by atoms with van der Waals surface area (Å²) in [4.78, 5) is 22.2. The van der Waals surface area contributed by atoms with Gasteiger partial charge in [0.1, 0.15) is 11.5 Å². The molecule has 112 valence electrons. The van der Waals surface area contributed by atoms with Crippen molar-refractivity contribution in [3.8, 4) is 0 Å². The highest BCUT2D eigenvalue weighted by molar-refractivity contribution is 5.91. The Morgan fingerprint density at radius 3 is 2.60 bits per heavy atom. The van der Waals surface area contributed by atoms with Crippen LogP contribution in [0.3, 0.4) is 0 Å². The molecule has 0 fully saturated rings. The first kappa shape index (κ1) is 16.4. The smallest absolute Gasteiger partial charge is 0.271 e. The lowest BCUT2D eigenvalue weighted by Gasteiger charge is -2.10. The Labute approximate surface area is 121 Å². The number of rotatable bonds is 9. The molecule has 0 spiro atoms. The third kappa shape index (κ3) is 6.47. The van der Waals surface area contributed by atoms with Gasteiger partial charge < -0.3 is 15.5 Å². The molecule has 0 bridgehead atoms. The standard InChI is InChI=1S/C14H25N5O/c1-4-5-7-16-14(20)12-10-18-13(11-17-12)15-8-6-9-19(2)3/h10-11H,4-9H2,1-3H3,(H,15,18)(H,16,20). The van der Waals surface area contributed by atoms with Crippen LogP contribution in [-0.4, -0.2) is 54.5 Å². The van der Waals surface area contributed by atoms with Crippen LogP contribution in [0.25, 0.3) is 0 Å². The van der Waals surface area contributed by atoms with E-state index in [9.17, 15) is 4.79 Å². The summed E-state index contributed by atoms with van der Waals surface area (Å²) in [5.74, 6) is 0.541. The number of nitrogens with zero attached hydrogens (tertiary/aromatic N) is 3. The topological polar surface area (TPSA) is 70.2 Å². The Bertz CT molecular complexity index is 391. The maximum atomic E-state index is 11.7. The molecule has 1 rings (SSSR count). The Morgan fingerprint density at radius 1 is 1.20 bits per heavy atom. The lowest BCUT2D eigenvalue weighted by molar-refractivity contribution is 0.0948. The molecule has 1 aromatic heterocycles. The van der Waals surface area contributed by atoms with Crippen LogP contribution in [0, 0.1) is 0 Å². The van der Waals surface area contributed by atoms with E-state index in [0.29, 0.717) is 18.1 Å². The van der Waals surface area contributed by atoms with Crippen LogP contribution in [0.2, 0.25) is 0 Å². The Morgan fingerprint density at radius 2 is 2.00 bits per heavy atom. The number of amides is 1. The predicted molar refractivity (Wildman–Crippen MR) is 80.9 cm³/mol. The molecular weight excluding hydrogens is 254 g/mol. The van der Waals surface area contributed by atoms with Crippen molar-refractivity contribution in [1.82, 2.24) is 20.2 Å². The molecule has 0 aliphatic carbocycles. The van der Waals surface area contributed by atoms with Gasteiger partial charge in [-0.15, -0.1) is 0 Å². The second kappa shape index (κ2) is 9.25. The van der Waals surface area contributed by atoms with E-state index in [1.54, 1.807) is 6.20 Å². The van der Waals surface area contributed by atoms with Crippen LogP contribution in [0.5, 0.6) is 0 Å². The van der Waals surface area contributed by atoms with Gasteiger partial charge in [-0.25, -0.2) is 9.97 Å². The van der Waals surface area contributed by atoms with Crippen molar-refractivity contribution in [2.75, 3.05) is 39.0 Å². The average Bonchev–Trinajstić information content (AvgIpc) is 2.44. The molecule has 2 N–H and O–H groups in total. The molecule has 6 heteroatoms. The van der Waals surface area contributed by atoms with Crippen LogP contribution < -0.4 is 10.6 Å². The quantitative estimate of drug-likeness (QED) is 0.668. The van der Waals surface area contributed by atoms with Gasteiger partial charge in [-0.1, -0.05) is 13.3 Å². The number of nitrogens with one attached hydrogen (secondary N) is 2. The number of unbranched alkanes of at least 4 members (excludes halogenated alkanes) is 1. The molecule has 6 nitrogen and oxygen atoms in total. The lowest BCUT2D eigenvalue weighted by atomic mass is 10.3. The summed E-state index contributed by atoms with van der Waals surface area (Å²) in [5, 5.41) is 6.00. The highest BCUT2D eigenvalue weighted by Gasteiger charge is 2.06. The highest BCUT2D eigenvalue weighted by Crippen LogP contribution is 2.01. The van der Waals surface area contributed by atoms with Crippen molar-refractivity contribution in [3.05, 3.63) is 18.1 Å². The molecule has 0 saturated heterocycles. The van der Waals surface area contributed by atoms with Gasteiger partial charge in [-0.2, -0.15) is 0 Å². The number of hydrogen-bond donors (Lipinski definition) is 2. The van der Waals surface area contributed by atoms with Crippen molar-refractivity contribution in [2.45, 2.75) is 26.2 Å². The lowest BCUT2D eigenvalue weighted by Crippen LogP contribution is -2.25. The summed E-state index contributed by atoms with van der Waals surface area (Å²) in [5.41, 5.74) is 0.361. The zero-order chi connectivity index (χ0) is 14.8. The minimum absolute atomic E-state index is 0.162. The number of aromatic nitrogens is 2. The van der Waals surface area contributed by atoms with Gasteiger partial charge in [0.15, 0.2) is 0 Å². The van der Waals surface area contributed by atoms with Gasteiger partial charge in [0.25, 0.3) is 5.91 Å². The van der Waals surface area contributed by atoms with Gasteiger partial charge in [-0.3, -0.25) is 4.79 Å². The molecule has 1 heterocycles. The summed E-state index contributed by atoms with van der Waals surface area (Å²) >= 11 is 0. The van der Waals surface area contributed by atoms with E-state index in [0.717, 1.165) is 32.4 Å². The summed E-state index contributed by atoms with van der Waals surface area (Å²) < 4.78 is 0. The molecule has 0 saturated carbocycles. The molecule has 20 heavy (non-hydrogen) atoms. The van der Waals surface area contributed by atoms with Crippen LogP contribution in [0.15, 0.2) is 12.4 Å². The van der Waals surface area contributed by atoms with Gasteiger partial charge >= 0.3 is 0 Å². The van der Waals surface area contributed by atoms with Gasteiger partial charge in [0.2, 0.25) is 0 Å². The first-order valence-electron chi connectivity index (χ1n) is 7.12. The van der Waals surface area contributed by atoms with Crippen molar-refractivity contribution < 1.29 is 4.79 Å². The van der Waals surface area contributed by atoms with Crippen molar-refractivity contribution in [3.63, 3.8) is 0 Å². The van der Waals surface area contributed by atoms with Crippen LogP contribution >= 0.6 is 0 Å². The second-order valence-corrected chi connectivity index (χ2v) is 4.98. The molecule has 1 amide bonds. The third-order valence-corrected chi connectivity index (χ3v) is 2.79. The fourth-order valence-electron chi connectivity index (χ4n) is 1.62. The minimum Gasteiger partial charge on any atom is -0.369 e. The Hall–Kier alpha value is -1.69. The van der Waals surface area contributed by atoms with Gasteiger partial charge in [0.05, 0.1) is 12.4 Å². The molecule has 0 aliphatic rings. The minimum atomic E-state index is -0.162. The molecule has 0 radical (unpaired) electrons. The predicted octanol–water partition coefficient (Wildman–Crippen LogP) is 1.37. The zero-order valence-corrected chi connectivity index (χ0v) is 12.6. The molecule has 0 aromatic carbocycles. The van der Waals surface area contributed by atoms with E-state index in [1.165, 1.54) is 6.20 Å². The zero-order valence-electron chi connectivity index (χ0n) is 12.6. The monoisotopic (exact) mass is 279 g/mol. The first-order valence-corrected chi connectivity index (χ1v) is 7.12. The van der Waals surface area contributed by atoms with Crippen molar-refractivity contribution in [2.24, 2.45) is 0 Å². The SMILES string of the molecule is CCCCNC(=O)c1cnc(NCCCN(C)C)cn1. The van der Waals surface area contributed by atoms with Crippen LogP contribution in [-0.2, 0) is 0 Å². The van der Waals surface area contributed by atoms with Gasteiger partial charge in [0, 0.05) is 13.1 Å². The molecule has 0 unspecified atom stereocenters. The van der Waals surface area contributed by atoms with Gasteiger partial charge in [-0.05, 0) is 33.5 Å². The van der Waals surface area contributed by atoms with E-state index < -0.39 is 0 Å². The summed E-state index contributed by atoms with van der Waals surface area (Å²) in [7, 11) is 4.09. The summed E-state index contributed by atoms with van der Waals surface area (Å²) in [6, 6.07) is 0. The summed E-state index contributed by atoms with van der Waals surface area (Å²) in [6.07, 6.45) is 6.18. The number of hydrogen-bond acceptors (Lipinski definition) is 5. The third-order valence-electron chi connectivity index (χ3n) is 2.79. The Balaban J connectivity index is 2.34. The maximum absolute atomic E-state index is 11.7. The molecule has 1 aromatic rings. The first-order chi connectivity index (χ1) is 9.63. The largest absolute Gasteiger partial charge is 0.369 e. The van der Waals surface area contributed by atoms with Crippen molar-refractivity contribution >= 4 is 11.7 Å². The number of anilines is 1. The normalized spacial score (nSPS) is 10.6. The van der Waals surface area contributed by atoms with E-state index in [4.69, 9.17) is 0 Å². The maximum Gasteiger partial charge on any atom is 0.271 e. The second-order valence-electron chi connectivity index (χ2n) is 4.98. The number of carbonyl (C=O) groups excluding carboxylic acids is 1. The average molecular weight is 279 g/mol.